The Morgan fingerprint density at radius 2 is 1.89 bits per heavy atom. The van der Waals surface area contributed by atoms with Crippen LogP contribution in [0.15, 0.2) is 22.8 Å². The van der Waals surface area contributed by atoms with Crippen molar-refractivity contribution >= 4 is 15.9 Å². The van der Waals surface area contributed by atoms with Crippen LogP contribution in [0.2, 0.25) is 0 Å². The Balaban J connectivity index is 0.00000162. The summed E-state index contributed by atoms with van der Waals surface area (Å²) < 4.78 is 12.8. The van der Waals surface area contributed by atoms with Crippen molar-refractivity contribution < 1.29 is 47.2 Å². The number of nitrogens with zero attached hydrogens (tertiary/aromatic N) is 2. The SMILES string of the molecule is COc1ccc(Cn2[c-]nc(Br)[c-]2)cc1OC.[Li+].[Li+]. The van der Waals surface area contributed by atoms with Gasteiger partial charge < -0.3 is 25.2 Å². The van der Waals surface area contributed by atoms with Gasteiger partial charge >= 0.3 is 37.7 Å². The van der Waals surface area contributed by atoms with Crippen LogP contribution in [0, 0.1) is 12.5 Å². The van der Waals surface area contributed by atoms with Gasteiger partial charge in [0.2, 0.25) is 0 Å². The molecule has 0 atom stereocenters. The van der Waals surface area contributed by atoms with Crippen LogP contribution >= 0.6 is 15.9 Å². The third kappa shape index (κ3) is 4.95. The number of methoxy groups -OCH3 is 2. The summed E-state index contributed by atoms with van der Waals surface area (Å²) in [4.78, 5) is 3.93. The largest absolute Gasteiger partial charge is 1.00 e. The molecule has 2 rings (SSSR count). The molecular formula is C12H11BrLi2N2O2. The molecule has 0 spiro atoms. The van der Waals surface area contributed by atoms with Crippen LogP contribution in [0.5, 0.6) is 11.5 Å². The molecule has 1 heterocycles. The van der Waals surface area contributed by atoms with Gasteiger partial charge in [0, 0.05) is 6.54 Å². The molecular weight excluding hydrogens is 298 g/mol. The molecule has 0 N–H and O–H groups in total. The zero-order valence-corrected chi connectivity index (χ0v) is 13.1. The van der Waals surface area contributed by atoms with E-state index in [9.17, 15) is 0 Å². The van der Waals surface area contributed by atoms with Gasteiger partial charge in [-0.3, -0.25) is 0 Å². The van der Waals surface area contributed by atoms with E-state index >= 15 is 0 Å². The minimum atomic E-state index is 0. The first-order chi connectivity index (χ1) is 8.22. The molecule has 0 radical (unpaired) electrons. The topological polar surface area (TPSA) is 36.3 Å². The van der Waals surface area contributed by atoms with Crippen LogP contribution in [0.1, 0.15) is 5.56 Å². The third-order valence-corrected chi connectivity index (χ3v) is 2.64. The number of halogens is 1. The maximum Gasteiger partial charge on any atom is 1.00 e. The van der Waals surface area contributed by atoms with E-state index < -0.39 is 0 Å². The number of imidazole rings is 1. The summed E-state index contributed by atoms with van der Waals surface area (Å²) in [7, 11) is 3.24. The Kier molecular flexibility index (Phi) is 8.66. The minimum absolute atomic E-state index is 0. The Morgan fingerprint density at radius 3 is 2.42 bits per heavy atom. The van der Waals surface area contributed by atoms with Crippen molar-refractivity contribution in [1.29, 1.82) is 0 Å². The van der Waals surface area contributed by atoms with E-state index in [0.717, 1.165) is 11.3 Å². The molecule has 0 fully saturated rings. The third-order valence-electron chi connectivity index (χ3n) is 2.28. The Labute approximate surface area is 145 Å². The van der Waals surface area contributed by atoms with E-state index in [2.05, 4.69) is 33.4 Å². The number of rotatable bonds is 4. The number of ether oxygens (including phenoxy) is 2. The van der Waals surface area contributed by atoms with E-state index in [1.54, 1.807) is 18.8 Å². The standard InChI is InChI=1S/C12H11BrN2O2.2Li/c1-16-10-4-3-9(5-11(10)17-2)6-15-7-12(13)14-8-15;;/h3-5H,6H2,1-2H3;;/q-2;2*+1. The molecule has 0 bridgehead atoms. The second-order valence-corrected chi connectivity index (χ2v) is 4.14. The summed E-state index contributed by atoms with van der Waals surface area (Å²) in [6.45, 7) is 0.638. The maximum atomic E-state index is 5.24. The van der Waals surface area contributed by atoms with E-state index in [1.807, 2.05) is 18.2 Å². The Morgan fingerprint density at radius 1 is 1.21 bits per heavy atom. The summed E-state index contributed by atoms with van der Waals surface area (Å²) in [6, 6.07) is 5.77. The van der Waals surface area contributed by atoms with Gasteiger partial charge in [-0.2, -0.15) is 6.33 Å². The van der Waals surface area contributed by atoms with Crippen molar-refractivity contribution in [2.24, 2.45) is 0 Å². The van der Waals surface area contributed by atoms with Crippen LogP contribution < -0.4 is 47.2 Å². The van der Waals surface area contributed by atoms with E-state index in [0.29, 0.717) is 16.9 Å². The van der Waals surface area contributed by atoms with Crippen LogP contribution in [0.3, 0.4) is 0 Å². The first-order valence-electron chi connectivity index (χ1n) is 4.97. The van der Waals surface area contributed by atoms with Crippen molar-refractivity contribution in [3.05, 3.63) is 40.9 Å². The molecule has 7 heteroatoms. The van der Waals surface area contributed by atoms with Gasteiger partial charge in [-0.1, -0.05) is 6.07 Å². The van der Waals surface area contributed by atoms with Crippen LogP contribution in [-0.2, 0) is 6.54 Å². The zero-order valence-electron chi connectivity index (χ0n) is 11.5. The Bertz CT molecular complexity index is 520. The van der Waals surface area contributed by atoms with E-state index in [1.165, 1.54) is 0 Å². The number of aromatic nitrogens is 2. The molecule has 0 saturated carbocycles. The van der Waals surface area contributed by atoms with E-state index in [4.69, 9.17) is 9.47 Å². The molecule has 90 valence electrons. The zero-order chi connectivity index (χ0) is 12.3. The molecule has 1 aromatic carbocycles. The molecule has 0 amide bonds. The number of hydrogen-bond donors (Lipinski definition) is 0. The molecule has 0 aliphatic heterocycles. The number of hydrogen-bond acceptors (Lipinski definition) is 3. The van der Waals surface area contributed by atoms with Crippen molar-refractivity contribution in [3.63, 3.8) is 0 Å². The first kappa shape index (κ1) is 18.7. The van der Waals surface area contributed by atoms with Crippen LogP contribution in [0.25, 0.3) is 0 Å². The molecule has 19 heavy (non-hydrogen) atoms. The summed E-state index contributed by atoms with van der Waals surface area (Å²) in [6.07, 6.45) is 5.80. The van der Waals surface area contributed by atoms with Crippen molar-refractivity contribution in [3.8, 4) is 11.5 Å². The Hall–Kier alpha value is -0.295. The molecule has 0 unspecified atom stereocenters. The number of benzene rings is 1. The first-order valence-corrected chi connectivity index (χ1v) is 5.76. The molecule has 2 aromatic rings. The second kappa shape index (κ2) is 8.79. The fraction of sp³-hybridized carbons (Fsp3) is 0.250. The monoisotopic (exact) mass is 308 g/mol. The van der Waals surface area contributed by atoms with Gasteiger partial charge in [-0.15, -0.1) is 0 Å². The van der Waals surface area contributed by atoms with Gasteiger partial charge in [-0.05, 0) is 17.7 Å². The molecule has 4 nitrogen and oxygen atoms in total. The summed E-state index contributed by atoms with van der Waals surface area (Å²) in [5, 5.41) is 0. The summed E-state index contributed by atoms with van der Waals surface area (Å²) in [5.74, 6) is 1.43. The van der Waals surface area contributed by atoms with Gasteiger partial charge in [0.15, 0.2) is 11.5 Å². The van der Waals surface area contributed by atoms with Gasteiger partial charge in [0.25, 0.3) is 0 Å². The van der Waals surface area contributed by atoms with Crippen molar-refractivity contribution in [2.75, 3.05) is 14.2 Å². The average Bonchev–Trinajstić information content (AvgIpc) is 2.74. The maximum absolute atomic E-state index is 5.24. The fourth-order valence-corrected chi connectivity index (χ4v) is 1.80. The minimum Gasteiger partial charge on any atom is -0.588 e. The van der Waals surface area contributed by atoms with Gasteiger partial charge in [0.1, 0.15) is 0 Å². The fourth-order valence-electron chi connectivity index (χ4n) is 1.50. The quantitative estimate of drug-likeness (QED) is 0.431. The summed E-state index contributed by atoms with van der Waals surface area (Å²) >= 11 is 3.23. The average molecular weight is 309 g/mol. The van der Waals surface area contributed by atoms with Crippen LogP contribution in [0.4, 0.5) is 0 Å². The molecule has 1 aromatic heterocycles. The predicted octanol–water partition coefficient (Wildman–Crippen LogP) is -3.68. The molecule has 0 aliphatic rings. The van der Waals surface area contributed by atoms with Crippen molar-refractivity contribution in [2.45, 2.75) is 6.54 Å². The molecule has 0 saturated heterocycles. The van der Waals surface area contributed by atoms with Gasteiger partial charge in [0.05, 0.1) is 14.2 Å². The van der Waals surface area contributed by atoms with Crippen LogP contribution in [-0.4, -0.2) is 23.8 Å². The molecule has 0 aliphatic carbocycles. The smallest absolute Gasteiger partial charge is 0.588 e. The normalized spacial score (nSPS) is 9.21. The van der Waals surface area contributed by atoms with Gasteiger partial charge in [-0.25, -0.2) is 20.5 Å². The second-order valence-electron chi connectivity index (χ2n) is 3.39. The van der Waals surface area contributed by atoms with E-state index in [-0.39, 0.29) is 37.7 Å². The summed E-state index contributed by atoms with van der Waals surface area (Å²) in [5.41, 5.74) is 1.07. The predicted molar refractivity (Wildman–Crippen MR) is 66.2 cm³/mol. The van der Waals surface area contributed by atoms with Crippen molar-refractivity contribution in [1.82, 2.24) is 9.55 Å².